The van der Waals surface area contributed by atoms with Crippen molar-refractivity contribution >= 4 is 0 Å². The zero-order valence-corrected chi connectivity index (χ0v) is 13.2. The highest BCUT2D eigenvalue weighted by Gasteiger charge is 2.32. The molecule has 20 heavy (non-hydrogen) atoms. The molecular weight excluding hydrogens is 248 g/mol. The van der Waals surface area contributed by atoms with Crippen LogP contribution in [0.1, 0.15) is 51.4 Å². The predicted molar refractivity (Wildman–Crippen MR) is 82.9 cm³/mol. The van der Waals surface area contributed by atoms with Crippen LogP contribution in [0.2, 0.25) is 0 Å². The minimum absolute atomic E-state index is 0.735. The number of hydrogen-bond donors (Lipinski definition) is 1. The van der Waals surface area contributed by atoms with Gasteiger partial charge in [-0.05, 0) is 57.4 Å². The van der Waals surface area contributed by atoms with E-state index in [1.165, 1.54) is 64.5 Å². The molecule has 3 rings (SSSR count). The summed E-state index contributed by atoms with van der Waals surface area (Å²) >= 11 is 0. The number of ether oxygens (including phenoxy) is 1. The topological polar surface area (TPSA) is 24.5 Å². The molecule has 1 aliphatic carbocycles. The van der Waals surface area contributed by atoms with Crippen molar-refractivity contribution in [1.29, 1.82) is 0 Å². The van der Waals surface area contributed by atoms with Gasteiger partial charge in [0.1, 0.15) is 0 Å². The van der Waals surface area contributed by atoms with Gasteiger partial charge in [0.15, 0.2) is 0 Å². The lowest BCUT2D eigenvalue weighted by Crippen LogP contribution is -2.52. The lowest BCUT2D eigenvalue weighted by Gasteiger charge is -2.42. The van der Waals surface area contributed by atoms with E-state index in [1.54, 1.807) is 0 Å². The van der Waals surface area contributed by atoms with Gasteiger partial charge in [-0.25, -0.2) is 0 Å². The fourth-order valence-electron chi connectivity index (χ4n) is 4.54. The molecule has 1 N–H and O–H groups in total. The van der Waals surface area contributed by atoms with Crippen molar-refractivity contribution in [2.75, 3.05) is 33.4 Å². The van der Waals surface area contributed by atoms with Gasteiger partial charge in [0, 0.05) is 38.4 Å². The van der Waals surface area contributed by atoms with Crippen molar-refractivity contribution in [3.8, 4) is 0 Å². The highest BCUT2D eigenvalue weighted by molar-refractivity contribution is 4.90. The molecule has 3 atom stereocenters. The van der Waals surface area contributed by atoms with Gasteiger partial charge in [-0.3, -0.25) is 0 Å². The van der Waals surface area contributed by atoms with E-state index in [2.05, 4.69) is 17.3 Å². The Hall–Kier alpha value is -0.120. The van der Waals surface area contributed by atoms with E-state index in [1.807, 2.05) is 0 Å². The maximum Gasteiger partial charge on any atom is 0.0469 e. The van der Waals surface area contributed by atoms with Crippen molar-refractivity contribution in [2.45, 2.75) is 63.5 Å². The Morgan fingerprint density at radius 1 is 0.950 bits per heavy atom. The van der Waals surface area contributed by atoms with Crippen LogP contribution < -0.4 is 5.32 Å². The van der Waals surface area contributed by atoms with Gasteiger partial charge in [0.05, 0.1) is 0 Å². The first kappa shape index (κ1) is 14.8. The summed E-state index contributed by atoms with van der Waals surface area (Å²) < 4.78 is 5.46. The summed E-state index contributed by atoms with van der Waals surface area (Å²) in [4.78, 5) is 2.57. The maximum atomic E-state index is 5.46. The maximum absolute atomic E-state index is 5.46. The van der Waals surface area contributed by atoms with Gasteiger partial charge in [-0.2, -0.15) is 0 Å². The third-order valence-electron chi connectivity index (χ3n) is 5.69. The molecule has 3 fully saturated rings. The fraction of sp³-hybridized carbons (Fsp3) is 1.00. The van der Waals surface area contributed by atoms with Crippen LogP contribution in [-0.2, 0) is 4.74 Å². The van der Waals surface area contributed by atoms with Gasteiger partial charge < -0.3 is 15.0 Å². The Bertz CT molecular complexity index is 291. The Morgan fingerprint density at radius 2 is 1.75 bits per heavy atom. The predicted octanol–water partition coefficient (Wildman–Crippen LogP) is 2.66. The first-order chi connectivity index (χ1) is 9.81. The smallest absolute Gasteiger partial charge is 0.0469 e. The Kier molecular flexibility index (Phi) is 5.36. The van der Waals surface area contributed by atoms with Crippen LogP contribution in [-0.4, -0.2) is 50.3 Å². The fourth-order valence-corrected chi connectivity index (χ4v) is 4.54. The summed E-state index contributed by atoms with van der Waals surface area (Å²) in [5.74, 6) is 1.85. The minimum atomic E-state index is 0.735. The van der Waals surface area contributed by atoms with Gasteiger partial charge in [0.25, 0.3) is 0 Å². The summed E-state index contributed by atoms with van der Waals surface area (Å²) in [7, 11) is 2.31. The molecule has 0 radical (unpaired) electrons. The van der Waals surface area contributed by atoms with E-state index in [4.69, 9.17) is 4.74 Å². The van der Waals surface area contributed by atoms with Crippen molar-refractivity contribution in [3.63, 3.8) is 0 Å². The summed E-state index contributed by atoms with van der Waals surface area (Å²) in [5, 5.41) is 3.96. The second-order valence-electron chi connectivity index (χ2n) is 7.37. The van der Waals surface area contributed by atoms with Gasteiger partial charge in [-0.1, -0.05) is 12.8 Å². The molecule has 0 aromatic rings. The Morgan fingerprint density at radius 3 is 2.60 bits per heavy atom. The average Bonchev–Trinajstić information content (AvgIpc) is 2.48. The van der Waals surface area contributed by atoms with Gasteiger partial charge in [-0.15, -0.1) is 0 Å². The second kappa shape index (κ2) is 7.24. The zero-order valence-electron chi connectivity index (χ0n) is 13.2. The number of hydrogen-bond acceptors (Lipinski definition) is 3. The molecule has 3 nitrogen and oxygen atoms in total. The molecule has 116 valence electrons. The van der Waals surface area contributed by atoms with E-state index in [0.29, 0.717) is 0 Å². The van der Waals surface area contributed by atoms with Crippen LogP contribution >= 0.6 is 0 Å². The molecule has 0 aromatic heterocycles. The molecule has 3 aliphatic rings. The van der Waals surface area contributed by atoms with Crippen molar-refractivity contribution < 1.29 is 4.74 Å². The zero-order chi connectivity index (χ0) is 13.8. The third-order valence-corrected chi connectivity index (χ3v) is 5.69. The van der Waals surface area contributed by atoms with Crippen LogP contribution in [0.25, 0.3) is 0 Å². The summed E-state index contributed by atoms with van der Waals surface area (Å²) in [6.45, 7) is 4.45. The molecular formula is C17H32N2O. The number of piperidine rings is 1. The molecule has 2 heterocycles. The highest BCUT2D eigenvalue weighted by Crippen LogP contribution is 2.32. The summed E-state index contributed by atoms with van der Waals surface area (Å²) in [6, 6.07) is 1.57. The number of rotatable bonds is 4. The van der Waals surface area contributed by atoms with Crippen LogP contribution in [0, 0.1) is 11.8 Å². The molecule has 2 aliphatic heterocycles. The summed E-state index contributed by atoms with van der Waals surface area (Å²) in [6.07, 6.45) is 11.2. The number of likely N-dealkylation sites (N-methyl/N-ethyl adjacent to an activating group) is 1. The van der Waals surface area contributed by atoms with Crippen LogP contribution in [0.15, 0.2) is 0 Å². The molecule has 0 bridgehead atoms. The first-order valence-electron chi connectivity index (χ1n) is 8.83. The minimum Gasteiger partial charge on any atom is -0.381 e. The second-order valence-corrected chi connectivity index (χ2v) is 7.37. The van der Waals surface area contributed by atoms with E-state index < -0.39 is 0 Å². The SMILES string of the molecule is CN(CC1CCOCC1)CC1CCC2CCCCC2N1. The largest absolute Gasteiger partial charge is 0.381 e. The molecule has 1 saturated carbocycles. The van der Waals surface area contributed by atoms with Crippen molar-refractivity contribution in [1.82, 2.24) is 10.2 Å². The van der Waals surface area contributed by atoms with E-state index in [0.717, 1.165) is 37.1 Å². The normalized spacial score (nSPS) is 36.0. The van der Waals surface area contributed by atoms with Gasteiger partial charge >= 0.3 is 0 Å². The lowest BCUT2D eigenvalue weighted by molar-refractivity contribution is 0.0529. The number of nitrogens with zero attached hydrogens (tertiary/aromatic N) is 1. The average molecular weight is 280 g/mol. The lowest BCUT2D eigenvalue weighted by atomic mass is 9.77. The third kappa shape index (κ3) is 3.96. The van der Waals surface area contributed by atoms with Crippen molar-refractivity contribution in [2.24, 2.45) is 11.8 Å². The quantitative estimate of drug-likeness (QED) is 0.857. The standard InChI is InChI=1S/C17H32N2O/c1-19(12-14-8-10-20-11-9-14)13-16-7-6-15-4-2-3-5-17(15)18-16/h14-18H,2-13H2,1H3. The Balaban J connectivity index is 1.40. The molecule has 3 heteroatoms. The molecule has 0 spiro atoms. The summed E-state index contributed by atoms with van der Waals surface area (Å²) in [5.41, 5.74) is 0. The molecule has 0 amide bonds. The van der Waals surface area contributed by atoms with E-state index >= 15 is 0 Å². The van der Waals surface area contributed by atoms with E-state index in [9.17, 15) is 0 Å². The Labute approximate surface area is 124 Å². The molecule has 3 unspecified atom stereocenters. The number of fused-ring (bicyclic) bond motifs is 1. The van der Waals surface area contributed by atoms with Crippen molar-refractivity contribution in [3.05, 3.63) is 0 Å². The number of nitrogens with one attached hydrogen (secondary N) is 1. The van der Waals surface area contributed by atoms with Crippen LogP contribution in [0.5, 0.6) is 0 Å². The van der Waals surface area contributed by atoms with Gasteiger partial charge in [0.2, 0.25) is 0 Å². The first-order valence-corrected chi connectivity index (χ1v) is 8.83. The highest BCUT2D eigenvalue weighted by atomic mass is 16.5. The van der Waals surface area contributed by atoms with Crippen LogP contribution in [0.4, 0.5) is 0 Å². The molecule has 2 saturated heterocycles. The molecule has 0 aromatic carbocycles. The monoisotopic (exact) mass is 280 g/mol. The van der Waals surface area contributed by atoms with E-state index in [-0.39, 0.29) is 0 Å². The van der Waals surface area contributed by atoms with Crippen LogP contribution in [0.3, 0.4) is 0 Å².